The molecule has 0 unspecified atom stereocenters. The third-order valence-corrected chi connectivity index (χ3v) is 2.73. The summed E-state index contributed by atoms with van der Waals surface area (Å²) in [5.41, 5.74) is 3.25. The van der Waals surface area contributed by atoms with Gasteiger partial charge in [-0.25, -0.2) is 0 Å². The Morgan fingerprint density at radius 3 is 2.62 bits per heavy atom. The molecule has 0 fully saturated rings. The van der Waals surface area contributed by atoms with Gasteiger partial charge in [-0.1, -0.05) is 45.0 Å². The molecule has 0 saturated heterocycles. The maximum absolute atomic E-state index is 3.56. The first-order chi connectivity index (χ1) is 6.09. The third-order valence-electron chi connectivity index (χ3n) is 2.73. The molecule has 0 radical (unpaired) electrons. The molecule has 2 rings (SSSR count). The second-order valence-corrected chi connectivity index (χ2v) is 4.88. The van der Waals surface area contributed by atoms with Gasteiger partial charge < -0.3 is 5.32 Å². The van der Waals surface area contributed by atoms with Gasteiger partial charge in [-0.2, -0.15) is 0 Å². The van der Waals surface area contributed by atoms with Gasteiger partial charge in [-0.15, -0.1) is 0 Å². The van der Waals surface area contributed by atoms with E-state index in [9.17, 15) is 0 Å². The molecule has 1 aliphatic heterocycles. The summed E-state index contributed by atoms with van der Waals surface area (Å²) < 4.78 is 0. The zero-order valence-electron chi connectivity index (χ0n) is 8.59. The van der Waals surface area contributed by atoms with Crippen LogP contribution in [0.25, 0.3) is 0 Å². The fourth-order valence-electron chi connectivity index (χ4n) is 2.07. The lowest BCUT2D eigenvalue weighted by molar-refractivity contribution is 0.288. The van der Waals surface area contributed by atoms with Crippen molar-refractivity contribution in [2.75, 3.05) is 0 Å². The van der Waals surface area contributed by atoms with E-state index in [1.165, 1.54) is 11.1 Å². The van der Waals surface area contributed by atoms with Crippen LogP contribution in [0.15, 0.2) is 24.3 Å². The maximum atomic E-state index is 3.56. The van der Waals surface area contributed by atoms with E-state index in [2.05, 4.69) is 50.4 Å². The van der Waals surface area contributed by atoms with Crippen molar-refractivity contribution in [3.05, 3.63) is 35.4 Å². The topological polar surface area (TPSA) is 12.0 Å². The van der Waals surface area contributed by atoms with Crippen LogP contribution >= 0.6 is 0 Å². The number of benzene rings is 1. The van der Waals surface area contributed by atoms with Gasteiger partial charge in [-0.3, -0.25) is 0 Å². The first kappa shape index (κ1) is 8.76. The number of rotatable bonds is 0. The standard InChI is InChI=1S/C12H17N/c1-12(2,3)11-10-7-5-4-6-9(10)8-13-11/h4-7,11,13H,8H2,1-3H3/t11-/m1/s1. The highest BCUT2D eigenvalue weighted by atomic mass is 15.0. The summed E-state index contributed by atoms with van der Waals surface area (Å²) in [7, 11) is 0. The molecule has 70 valence electrons. The summed E-state index contributed by atoms with van der Waals surface area (Å²) in [5.74, 6) is 0. The molecule has 0 amide bonds. The van der Waals surface area contributed by atoms with Gasteiger partial charge in [-0.05, 0) is 16.5 Å². The van der Waals surface area contributed by atoms with Gasteiger partial charge in [0.05, 0.1) is 0 Å². The minimum absolute atomic E-state index is 0.312. The smallest absolute Gasteiger partial charge is 0.0375 e. The minimum atomic E-state index is 0.312. The van der Waals surface area contributed by atoms with Gasteiger partial charge >= 0.3 is 0 Å². The fourth-order valence-corrected chi connectivity index (χ4v) is 2.07. The molecule has 1 N–H and O–H groups in total. The molecule has 0 aliphatic carbocycles. The number of nitrogens with one attached hydrogen (secondary N) is 1. The molecule has 1 nitrogen and oxygen atoms in total. The predicted octanol–water partition coefficient (Wildman–Crippen LogP) is 2.88. The van der Waals surface area contributed by atoms with Crippen molar-refractivity contribution in [3.8, 4) is 0 Å². The quantitative estimate of drug-likeness (QED) is 0.639. The lowest BCUT2D eigenvalue weighted by Gasteiger charge is -2.27. The van der Waals surface area contributed by atoms with Gasteiger partial charge in [0, 0.05) is 12.6 Å². The molecule has 1 heterocycles. The Morgan fingerprint density at radius 1 is 1.23 bits per heavy atom. The molecule has 1 atom stereocenters. The third kappa shape index (κ3) is 1.49. The first-order valence-corrected chi connectivity index (χ1v) is 4.90. The monoisotopic (exact) mass is 175 g/mol. The average Bonchev–Trinajstić information content (AvgIpc) is 2.45. The zero-order valence-corrected chi connectivity index (χ0v) is 8.59. The normalized spacial score (nSPS) is 21.6. The van der Waals surface area contributed by atoms with E-state index < -0.39 is 0 Å². The maximum Gasteiger partial charge on any atom is 0.0375 e. The summed E-state index contributed by atoms with van der Waals surface area (Å²) in [6.45, 7) is 7.88. The highest BCUT2D eigenvalue weighted by Crippen LogP contribution is 2.38. The lowest BCUT2D eigenvalue weighted by Crippen LogP contribution is -2.26. The van der Waals surface area contributed by atoms with E-state index >= 15 is 0 Å². The summed E-state index contributed by atoms with van der Waals surface area (Å²) in [5, 5.41) is 3.56. The van der Waals surface area contributed by atoms with Crippen molar-refractivity contribution in [3.63, 3.8) is 0 Å². The van der Waals surface area contributed by atoms with Crippen molar-refractivity contribution in [1.82, 2.24) is 5.32 Å². The average molecular weight is 175 g/mol. The number of hydrogen-bond acceptors (Lipinski definition) is 1. The summed E-state index contributed by atoms with van der Waals surface area (Å²) in [4.78, 5) is 0. The largest absolute Gasteiger partial charge is 0.305 e. The van der Waals surface area contributed by atoms with Crippen LogP contribution in [0.1, 0.15) is 37.9 Å². The Labute approximate surface area is 80.2 Å². The number of fused-ring (bicyclic) bond motifs is 1. The molecule has 1 heteroatoms. The molecule has 1 aromatic carbocycles. The Bertz CT molecular complexity index is 309. The van der Waals surface area contributed by atoms with Crippen molar-refractivity contribution in [2.45, 2.75) is 33.4 Å². The van der Waals surface area contributed by atoms with Crippen molar-refractivity contribution >= 4 is 0 Å². The Kier molecular flexibility index (Phi) is 1.92. The highest BCUT2D eigenvalue weighted by Gasteiger charge is 2.31. The van der Waals surface area contributed by atoms with Gasteiger partial charge in [0.1, 0.15) is 0 Å². The van der Waals surface area contributed by atoms with E-state index in [1.54, 1.807) is 0 Å². The van der Waals surface area contributed by atoms with E-state index in [-0.39, 0.29) is 0 Å². The van der Waals surface area contributed by atoms with Crippen LogP contribution in [0.5, 0.6) is 0 Å². The summed E-state index contributed by atoms with van der Waals surface area (Å²) >= 11 is 0. The molecule has 13 heavy (non-hydrogen) atoms. The van der Waals surface area contributed by atoms with E-state index in [1.807, 2.05) is 0 Å². The zero-order chi connectivity index (χ0) is 9.47. The highest BCUT2D eigenvalue weighted by molar-refractivity contribution is 5.34. The molecule has 1 aromatic rings. The van der Waals surface area contributed by atoms with E-state index in [0.29, 0.717) is 11.5 Å². The van der Waals surface area contributed by atoms with Gasteiger partial charge in [0.25, 0.3) is 0 Å². The van der Waals surface area contributed by atoms with Gasteiger partial charge in [0.15, 0.2) is 0 Å². The first-order valence-electron chi connectivity index (χ1n) is 4.90. The second kappa shape index (κ2) is 2.85. The molecule has 0 aromatic heterocycles. The van der Waals surface area contributed by atoms with Crippen LogP contribution in [0, 0.1) is 5.41 Å². The van der Waals surface area contributed by atoms with Crippen LogP contribution < -0.4 is 5.32 Å². The van der Waals surface area contributed by atoms with Gasteiger partial charge in [0.2, 0.25) is 0 Å². The second-order valence-electron chi connectivity index (χ2n) is 4.88. The van der Waals surface area contributed by atoms with Crippen molar-refractivity contribution in [2.24, 2.45) is 5.41 Å². The predicted molar refractivity (Wildman–Crippen MR) is 55.5 cm³/mol. The van der Waals surface area contributed by atoms with Crippen LogP contribution in [-0.2, 0) is 6.54 Å². The van der Waals surface area contributed by atoms with Crippen LogP contribution in [0.3, 0.4) is 0 Å². The van der Waals surface area contributed by atoms with Crippen LogP contribution in [0.4, 0.5) is 0 Å². The molecule has 0 spiro atoms. The Hall–Kier alpha value is -0.820. The SMILES string of the molecule is CC(C)(C)[C@@H]1NCc2ccccc21. The lowest BCUT2D eigenvalue weighted by atomic mass is 9.83. The fraction of sp³-hybridized carbons (Fsp3) is 0.500. The number of hydrogen-bond donors (Lipinski definition) is 1. The minimum Gasteiger partial charge on any atom is -0.305 e. The Balaban J connectivity index is 2.39. The van der Waals surface area contributed by atoms with Crippen LogP contribution in [-0.4, -0.2) is 0 Å². The summed E-state index contributed by atoms with van der Waals surface area (Å²) in [6, 6.07) is 9.22. The Morgan fingerprint density at radius 2 is 1.92 bits per heavy atom. The molecule has 0 bridgehead atoms. The van der Waals surface area contributed by atoms with Crippen molar-refractivity contribution < 1.29 is 0 Å². The molecule has 1 aliphatic rings. The molecule has 0 saturated carbocycles. The summed E-state index contributed by atoms with van der Waals surface area (Å²) in [6.07, 6.45) is 0. The van der Waals surface area contributed by atoms with Crippen molar-refractivity contribution in [1.29, 1.82) is 0 Å². The van der Waals surface area contributed by atoms with Crippen LogP contribution in [0.2, 0.25) is 0 Å². The molecular formula is C12H17N. The van der Waals surface area contributed by atoms with E-state index in [0.717, 1.165) is 6.54 Å². The van der Waals surface area contributed by atoms with E-state index in [4.69, 9.17) is 0 Å². The molecular weight excluding hydrogens is 158 g/mol.